The highest BCUT2D eigenvalue weighted by molar-refractivity contribution is 7.77. The fourth-order valence-corrected chi connectivity index (χ4v) is 4.14. The lowest BCUT2D eigenvalue weighted by Crippen LogP contribution is -2.19. The number of aryl methyl sites for hydroxylation is 1. The molecule has 1 aliphatic rings. The Morgan fingerprint density at radius 1 is 1.23 bits per heavy atom. The molecule has 1 unspecified atom stereocenters. The number of hydrogen-bond donors (Lipinski definition) is 1. The van der Waals surface area contributed by atoms with Crippen LogP contribution >= 0.6 is 0 Å². The molecule has 8 heteroatoms. The van der Waals surface area contributed by atoms with Gasteiger partial charge in [-0.25, -0.2) is 9.71 Å². The third kappa shape index (κ3) is 3.47. The van der Waals surface area contributed by atoms with Gasteiger partial charge in [-0.3, -0.25) is 9.00 Å². The first kappa shape index (κ1) is 19.2. The predicted octanol–water partition coefficient (Wildman–Crippen LogP) is 3.15. The molecule has 0 radical (unpaired) electrons. The topological polar surface area (TPSA) is 100 Å². The second-order valence-corrected chi connectivity index (χ2v) is 8.46. The minimum atomic E-state index is -2.30. The van der Waals surface area contributed by atoms with Crippen molar-refractivity contribution in [3.05, 3.63) is 64.4 Å². The Labute approximate surface area is 175 Å². The quantitative estimate of drug-likeness (QED) is 0.481. The van der Waals surface area contributed by atoms with Crippen molar-refractivity contribution < 1.29 is 13.2 Å². The maximum absolute atomic E-state index is 12.6. The van der Waals surface area contributed by atoms with E-state index in [2.05, 4.69) is 4.72 Å². The highest BCUT2D eigenvalue weighted by Gasteiger charge is 2.29. The van der Waals surface area contributed by atoms with Crippen molar-refractivity contribution in [3.8, 4) is 11.1 Å². The molecule has 0 amide bonds. The summed E-state index contributed by atoms with van der Waals surface area (Å²) >= 11 is -2.30. The lowest BCUT2D eigenvalue weighted by Gasteiger charge is -2.12. The molecule has 1 aliphatic carbocycles. The molecule has 0 spiro atoms. The van der Waals surface area contributed by atoms with Crippen LogP contribution in [0.4, 0.5) is 0 Å². The third-order valence-electron chi connectivity index (χ3n) is 5.51. The van der Waals surface area contributed by atoms with Crippen LogP contribution in [0.2, 0.25) is 0 Å². The molecule has 30 heavy (non-hydrogen) atoms. The monoisotopic (exact) mass is 422 g/mol. The van der Waals surface area contributed by atoms with Crippen molar-refractivity contribution in [2.24, 2.45) is 7.05 Å². The van der Waals surface area contributed by atoms with Crippen LogP contribution in [0.5, 0.6) is 0 Å². The second-order valence-electron chi connectivity index (χ2n) is 7.70. The normalized spacial score (nSPS) is 15.1. The van der Waals surface area contributed by atoms with E-state index in [-0.39, 0.29) is 5.56 Å². The van der Waals surface area contributed by atoms with Gasteiger partial charge in [0, 0.05) is 53.5 Å². The van der Waals surface area contributed by atoms with E-state index in [4.69, 9.17) is 9.40 Å². The molecule has 1 atom stereocenters. The van der Waals surface area contributed by atoms with E-state index in [0.717, 1.165) is 46.3 Å². The molecule has 154 valence electrons. The first-order chi connectivity index (χ1) is 14.5. The predicted molar refractivity (Wildman–Crippen MR) is 115 cm³/mol. The van der Waals surface area contributed by atoms with Crippen molar-refractivity contribution in [2.45, 2.75) is 25.2 Å². The zero-order valence-corrected chi connectivity index (χ0v) is 17.2. The minimum absolute atomic E-state index is 0.0555. The summed E-state index contributed by atoms with van der Waals surface area (Å²) in [5.41, 5.74) is 4.09. The van der Waals surface area contributed by atoms with Gasteiger partial charge in [0.15, 0.2) is 11.5 Å². The number of oxazole rings is 1. The van der Waals surface area contributed by atoms with Crippen molar-refractivity contribution in [3.63, 3.8) is 0 Å². The summed E-state index contributed by atoms with van der Waals surface area (Å²) in [6.45, 7) is 0.294. The number of rotatable bonds is 6. The first-order valence-corrected chi connectivity index (χ1v) is 10.9. The summed E-state index contributed by atoms with van der Waals surface area (Å²) in [5, 5.41) is 1.49. The van der Waals surface area contributed by atoms with Gasteiger partial charge in [0.1, 0.15) is 5.52 Å². The Hall–Kier alpha value is -2.81. The fourth-order valence-electron chi connectivity index (χ4n) is 3.87. The number of nitrogens with zero attached hydrogens (tertiary/aromatic N) is 2. The average Bonchev–Trinajstić information content (AvgIpc) is 3.49. The Bertz CT molecular complexity index is 1350. The molecule has 0 bridgehead atoms. The summed E-state index contributed by atoms with van der Waals surface area (Å²) in [4.78, 5) is 17.3. The van der Waals surface area contributed by atoms with E-state index >= 15 is 0 Å². The Morgan fingerprint density at radius 3 is 2.73 bits per heavy atom. The molecule has 1 fully saturated rings. The van der Waals surface area contributed by atoms with E-state index in [9.17, 15) is 13.6 Å². The van der Waals surface area contributed by atoms with Crippen molar-refractivity contribution in [1.29, 1.82) is 0 Å². The zero-order chi connectivity index (χ0) is 20.8. The van der Waals surface area contributed by atoms with Gasteiger partial charge >= 0.3 is 0 Å². The van der Waals surface area contributed by atoms with E-state index in [1.54, 1.807) is 11.6 Å². The molecule has 2 aromatic carbocycles. The summed E-state index contributed by atoms with van der Waals surface area (Å²) in [6.07, 6.45) is 4.51. The van der Waals surface area contributed by atoms with Gasteiger partial charge in [-0.1, -0.05) is 18.2 Å². The van der Waals surface area contributed by atoms with Crippen LogP contribution in [0.1, 0.15) is 30.2 Å². The van der Waals surface area contributed by atoms with Gasteiger partial charge in [0.05, 0.1) is 0 Å². The van der Waals surface area contributed by atoms with Crippen LogP contribution < -0.4 is 10.3 Å². The maximum atomic E-state index is 12.6. The molecule has 1 N–H and O–H groups in total. The molecule has 0 saturated heterocycles. The van der Waals surface area contributed by atoms with Gasteiger partial charge in [0.25, 0.3) is 5.56 Å². The summed E-state index contributed by atoms with van der Waals surface area (Å²) in [6, 6.07) is 11.5. The number of fused-ring (bicyclic) bond motifs is 2. The molecular formula is C22H20N3O4S-. The summed E-state index contributed by atoms with van der Waals surface area (Å²) in [5.74, 6) is 1.12. The van der Waals surface area contributed by atoms with Gasteiger partial charge in [-0.15, -0.1) is 0 Å². The van der Waals surface area contributed by atoms with Crippen molar-refractivity contribution in [2.75, 3.05) is 6.54 Å². The highest BCUT2D eigenvalue weighted by Crippen LogP contribution is 2.42. The van der Waals surface area contributed by atoms with E-state index < -0.39 is 11.3 Å². The molecule has 2 aromatic heterocycles. The molecule has 2 heterocycles. The van der Waals surface area contributed by atoms with Crippen LogP contribution in [0.3, 0.4) is 0 Å². The Kier molecular flexibility index (Phi) is 4.77. The second kappa shape index (κ2) is 7.46. The molecule has 5 rings (SSSR count). The zero-order valence-electron chi connectivity index (χ0n) is 16.4. The summed E-state index contributed by atoms with van der Waals surface area (Å²) in [7, 11) is 1.74. The molecule has 7 nitrogen and oxygen atoms in total. The molecule has 1 saturated carbocycles. The van der Waals surface area contributed by atoms with Gasteiger partial charge in [0.2, 0.25) is 0 Å². The van der Waals surface area contributed by atoms with E-state index in [0.29, 0.717) is 29.9 Å². The SMILES string of the molecule is Cn1cc(-c2cc(CCNS(=O)[O-])cc3nc(C4CC4)oc23)c2ccccc2c1=O. The fraction of sp³-hybridized carbons (Fsp3) is 0.273. The van der Waals surface area contributed by atoms with Gasteiger partial charge in [-0.2, -0.15) is 0 Å². The standard InChI is InChI=1S/C22H21N3O4S/c1-25-12-18(15-4-2-3-5-16(15)22(25)26)17-10-13(8-9-23-30(27)28)11-19-20(17)29-21(24-19)14-6-7-14/h2-5,10-12,14,23H,6-9H2,1H3,(H,27,28)/p-1. The summed E-state index contributed by atoms with van der Waals surface area (Å²) < 4.78 is 31.8. The number of nitrogens with one attached hydrogen (secondary N) is 1. The lowest BCUT2D eigenvalue weighted by atomic mass is 9.97. The van der Waals surface area contributed by atoms with Gasteiger partial charge in [-0.05, 0) is 48.4 Å². The number of aromatic nitrogens is 2. The third-order valence-corrected chi connectivity index (χ3v) is 5.95. The van der Waals surface area contributed by atoms with E-state index in [1.165, 1.54) is 0 Å². The Morgan fingerprint density at radius 2 is 2.00 bits per heavy atom. The number of pyridine rings is 1. The van der Waals surface area contributed by atoms with Crippen LogP contribution in [0.25, 0.3) is 33.0 Å². The van der Waals surface area contributed by atoms with Crippen LogP contribution in [-0.4, -0.2) is 24.9 Å². The average molecular weight is 422 g/mol. The Balaban J connectivity index is 1.73. The van der Waals surface area contributed by atoms with Crippen molar-refractivity contribution in [1.82, 2.24) is 14.3 Å². The van der Waals surface area contributed by atoms with E-state index in [1.807, 2.05) is 42.6 Å². The van der Waals surface area contributed by atoms with Crippen LogP contribution in [0, 0.1) is 0 Å². The number of benzene rings is 2. The molecular weight excluding hydrogens is 402 g/mol. The first-order valence-electron chi connectivity index (χ1n) is 9.86. The van der Waals surface area contributed by atoms with Gasteiger partial charge < -0.3 is 13.5 Å². The highest BCUT2D eigenvalue weighted by atomic mass is 32.2. The largest absolute Gasteiger partial charge is 0.760 e. The lowest BCUT2D eigenvalue weighted by molar-refractivity contribution is 0.523. The number of hydrogen-bond acceptors (Lipinski definition) is 5. The molecule has 4 aromatic rings. The van der Waals surface area contributed by atoms with Crippen LogP contribution in [0.15, 0.2) is 51.8 Å². The minimum Gasteiger partial charge on any atom is -0.760 e. The smallest absolute Gasteiger partial charge is 0.258 e. The van der Waals surface area contributed by atoms with Crippen molar-refractivity contribution >= 4 is 33.1 Å². The molecule has 0 aliphatic heterocycles. The maximum Gasteiger partial charge on any atom is 0.258 e. The van der Waals surface area contributed by atoms with Crippen LogP contribution in [-0.2, 0) is 24.7 Å².